The van der Waals surface area contributed by atoms with Crippen LogP contribution in [0.1, 0.15) is 57.2 Å². The van der Waals surface area contributed by atoms with Gasteiger partial charge in [-0.1, -0.05) is 13.3 Å². The highest BCUT2D eigenvalue weighted by Crippen LogP contribution is 2.40. The number of nitrogens with one attached hydrogen (secondary N) is 1. The van der Waals surface area contributed by atoms with Gasteiger partial charge in [0.1, 0.15) is 17.5 Å². The van der Waals surface area contributed by atoms with E-state index in [1.165, 1.54) is 0 Å². The summed E-state index contributed by atoms with van der Waals surface area (Å²) in [7, 11) is 0. The Morgan fingerprint density at radius 3 is 2.86 bits per heavy atom. The van der Waals surface area contributed by atoms with E-state index in [1.807, 2.05) is 6.92 Å². The van der Waals surface area contributed by atoms with E-state index in [2.05, 4.69) is 11.4 Å². The summed E-state index contributed by atoms with van der Waals surface area (Å²) in [6.07, 6.45) is 1.28. The van der Waals surface area contributed by atoms with Crippen LogP contribution >= 0.6 is 0 Å². The van der Waals surface area contributed by atoms with Gasteiger partial charge in [0, 0.05) is 12.0 Å². The Bertz CT molecular complexity index is 604. The molecule has 0 fully saturated rings. The van der Waals surface area contributed by atoms with Crippen molar-refractivity contribution in [2.45, 2.75) is 57.8 Å². The molecule has 1 amide bonds. The van der Waals surface area contributed by atoms with Gasteiger partial charge < -0.3 is 15.2 Å². The second-order valence-corrected chi connectivity index (χ2v) is 6.16. The Hall–Kier alpha value is -2.06. The summed E-state index contributed by atoms with van der Waals surface area (Å²) in [6.45, 7) is 5.59. The van der Waals surface area contributed by atoms with Crippen molar-refractivity contribution in [3.05, 3.63) is 29.3 Å². The number of unbranched alkanes of at least 4 members (excludes halogenated alkanes) is 1. The largest absolute Gasteiger partial charge is 0.485 e. The number of aliphatic hydroxyl groups is 1. The molecule has 1 aliphatic rings. The predicted octanol–water partition coefficient (Wildman–Crippen LogP) is 2.44. The van der Waals surface area contributed by atoms with Crippen LogP contribution in [0.2, 0.25) is 0 Å². The summed E-state index contributed by atoms with van der Waals surface area (Å²) in [5.74, 6) is 0.493. The van der Waals surface area contributed by atoms with Gasteiger partial charge >= 0.3 is 0 Å². The average molecular weight is 302 g/mol. The van der Waals surface area contributed by atoms with Crippen molar-refractivity contribution in [1.82, 2.24) is 5.32 Å². The highest BCUT2D eigenvalue weighted by Gasteiger charge is 2.43. The van der Waals surface area contributed by atoms with Crippen LogP contribution in [0.25, 0.3) is 0 Å². The summed E-state index contributed by atoms with van der Waals surface area (Å²) >= 11 is 0. The zero-order valence-corrected chi connectivity index (χ0v) is 13.2. The smallest absolute Gasteiger partial charge is 0.220 e. The van der Waals surface area contributed by atoms with Gasteiger partial charge in [0.2, 0.25) is 5.91 Å². The SMILES string of the molecule is CCCCC(=O)N[C@H]1c2cc(C#N)ccc2OC(C)(C)[C@@H]1O. The first-order chi connectivity index (χ1) is 10.4. The number of rotatable bonds is 4. The lowest BCUT2D eigenvalue weighted by Gasteiger charge is -2.42. The lowest BCUT2D eigenvalue weighted by molar-refractivity contribution is -0.125. The van der Waals surface area contributed by atoms with Crippen molar-refractivity contribution in [2.24, 2.45) is 0 Å². The van der Waals surface area contributed by atoms with Crippen molar-refractivity contribution in [3.63, 3.8) is 0 Å². The van der Waals surface area contributed by atoms with Crippen LogP contribution < -0.4 is 10.1 Å². The first kappa shape index (κ1) is 16.3. The quantitative estimate of drug-likeness (QED) is 0.895. The Kier molecular flexibility index (Phi) is 4.72. The molecule has 118 valence electrons. The minimum atomic E-state index is -0.889. The zero-order valence-electron chi connectivity index (χ0n) is 13.2. The average Bonchev–Trinajstić information content (AvgIpc) is 2.49. The Balaban J connectivity index is 2.34. The summed E-state index contributed by atoms with van der Waals surface area (Å²) in [5.41, 5.74) is 0.307. The highest BCUT2D eigenvalue weighted by molar-refractivity contribution is 5.76. The standard InChI is InChI=1S/C17H22N2O3/c1-4-5-6-14(20)19-15-12-9-11(10-18)7-8-13(12)22-17(2,3)16(15)21/h7-9,15-16,21H,4-6H2,1-3H3,(H,19,20)/t15-,16+/m0/s1. The molecule has 0 saturated heterocycles. The number of fused-ring (bicyclic) bond motifs is 1. The Labute approximate surface area is 130 Å². The van der Waals surface area contributed by atoms with Crippen LogP contribution in [-0.4, -0.2) is 22.7 Å². The lowest BCUT2D eigenvalue weighted by Crippen LogP contribution is -2.53. The topological polar surface area (TPSA) is 82.4 Å². The number of carbonyl (C=O) groups is 1. The number of hydrogen-bond donors (Lipinski definition) is 2. The molecule has 0 aromatic heterocycles. The first-order valence-electron chi connectivity index (χ1n) is 7.59. The van der Waals surface area contributed by atoms with Gasteiger partial charge in [0.05, 0.1) is 17.7 Å². The van der Waals surface area contributed by atoms with Crippen molar-refractivity contribution in [3.8, 4) is 11.8 Å². The van der Waals surface area contributed by atoms with Gasteiger partial charge in [-0.25, -0.2) is 0 Å². The molecular weight excluding hydrogens is 280 g/mol. The van der Waals surface area contributed by atoms with Gasteiger partial charge in [-0.2, -0.15) is 5.26 Å². The summed E-state index contributed by atoms with van der Waals surface area (Å²) in [5, 5.41) is 22.5. The molecule has 2 rings (SSSR count). The lowest BCUT2D eigenvalue weighted by atomic mass is 9.86. The third-order valence-corrected chi connectivity index (χ3v) is 3.95. The fraction of sp³-hybridized carbons (Fsp3) is 0.529. The van der Waals surface area contributed by atoms with Gasteiger partial charge in [-0.3, -0.25) is 4.79 Å². The summed E-state index contributed by atoms with van der Waals surface area (Å²) < 4.78 is 5.81. The van der Waals surface area contributed by atoms with E-state index < -0.39 is 17.7 Å². The van der Waals surface area contributed by atoms with Gasteiger partial charge in [0.15, 0.2) is 0 Å². The number of aliphatic hydroxyl groups excluding tert-OH is 1. The van der Waals surface area contributed by atoms with Gasteiger partial charge in [-0.15, -0.1) is 0 Å². The van der Waals surface area contributed by atoms with E-state index in [0.717, 1.165) is 12.8 Å². The van der Waals surface area contributed by atoms with E-state index in [9.17, 15) is 9.90 Å². The van der Waals surface area contributed by atoms with E-state index in [1.54, 1.807) is 32.0 Å². The number of amides is 1. The molecule has 0 unspecified atom stereocenters. The van der Waals surface area contributed by atoms with Crippen LogP contribution in [0.15, 0.2) is 18.2 Å². The molecule has 0 bridgehead atoms. The second-order valence-electron chi connectivity index (χ2n) is 6.16. The molecule has 1 heterocycles. The first-order valence-corrected chi connectivity index (χ1v) is 7.59. The molecule has 1 aromatic rings. The second kappa shape index (κ2) is 6.37. The number of ether oxygens (including phenoxy) is 1. The van der Waals surface area contributed by atoms with Crippen molar-refractivity contribution >= 4 is 5.91 Å². The molecule has 5 heteroatoms. The van der Waals surface area contributed by atoms with E-state index in [-0.39, 0.29) is 5.91 Å². The molecule has 0 spiro atoms. The van der Waals surface area contributed by atoms with Crippen molar-refractivity contribution in [1.29, 1.82) is 5.26 Å². The van der Waals surface area contributed by atoms with Crippen LogP contribution in [-0.2, 0) is 4.79 Å². The summed E-state index contributed by atoms with van der Waals surface area (Å²) in [4.78, 5) is 12.1. The third-order valence-electron chi connectivity index (χ3n) is 3.95. The molecular formula is C17H22N2O3. The van der Waals surface area contributed by atoms with Crippen LogP contribution in [0.4, 0.5) is 0 Å². The predicted molar refractivity (Wildman–Crippen MR) is 82.3 cm³/mol. The molecule has 0 aliphatic carbocycles. The molecule has 2 N–H and O–H groups in total. The maximum atomic E-state index is 12.1. The van der Waals surface area contributed by atoms with Gasteiger partial charge in [-0.05, 0) is 38.5 Å². The maximum absolute atomic E-state index is 12.1. The minimum Gasteiger partial charge on any atom is -0.485 e. The molecule has 0 radical (unpaired) electrons. The fourth-order valence-corrected chi connectivity index (χ4v) is 2.61. The number of hydrogen-bond acceptors (Lipinski definition) is 4. The number of benzene rings is 1. The molecule has 2 atom stereocenters. The maximum Gasteiger partial charge on any atom is 0.220 e. The molecule has 22 heavy (non-hydrogen) atoms. The van der Waals surface area contributed by atoms with Crippen LogP contribution in [0.5, 0.6) is 5.75 Å². The van der Waals surface area contributed by atoms with Gasteiger partial charge in [0.25, 0.3) is 0 Å². The number of carbonyl (C=O) groups excluding carboxylic acids is 1. The molecule has 1 aliphatic heterocycles. The molecule has 5 nitrogen and oxygen atoms in total. The third kappa shape index (κ3) is 3.23. The number of nitrogens with zero attached hydrogens (tertiary/aromatic N) is 1. The minimum absolute atomic E-state index is 0.100. The molecule has 0 saturated carbocycles. The van der Waals surface area contributed by atoms with Crippen molar-refractivity contribution in [2.75, 3.05) is 0 Å². The normalized spacial score (nSPS) is 22.1. The fourth-order valence-electron chi connectivity index (χ4n) is 2.61. The highest BCUT2D eigenvalue weighted by atomic mass is 16.5. The van der Waals surface area contributed by atoms with E-state index >= 15 is 0 Å². The Morgan fingerprint density at radius 2 is 2.23 bits per heavy atom. The van der Waals surface area contributed by atoms with Crippen LogP contribution in [0, 0.1) is 11.3 Å². The van der Waals surface area contributed by atoms with E-state index in [0.29, 0.717) is 23.3 Å². The zero-order chi connectivity index (χ0) is 16.3. The van der Waals surface area contributed by atoms with E-state index in [4.69, 9.17) is 10.00 Å². The monoisotopic (exact) mass is 302 g/mol. The Morgan fingerprint density at radius 1 is 1.50 bits per heavy atom. The summed E-state index contributed by atoms with van der Waals surface area (Å²) in [6, 6.07) is 6.55. The molecule has 1 aromatic carbocycles. The van der Waals surface area contributed by atoms with Crippen LogP contribution in [0.3, 0.4) is 0 Å². The number of nitriles is 1. The van der Waals surface area contributed by atoms with Crippen molar-refractivity contribution < 1.29 is 14.6 Å².